The van der Waals surface area contributed by atoms with Crippen LogP contribution in [0.1, 0.15) is 17.2 Å². The molecule has 1 N–H and O–H groups in total. The summed E-state index contributed by atoms with van der Waals surface area (Å²) in [4.78, 5) is 0. The Hall–Kier alpha value is -1.61. The standard InChI is InChI=1S/C19H14BrClO/c20-16-10-11-18(21)17(12-16)19(22)15-8-6-14(7-9-15)13-4-2-1-3-5-13/h1-12,19,22H. The van der Waals surface area contributed by atoms with Gasteiger partial charge < -0.3 is 5.11 Å². The summed E-state index contributed by atoms with van der Waals surface area (Å²) in [6.45, 7) is 0. The van der Waals surface area contributed by atoms with Gasteiger partial charge in [0.05, 0.1) is 0 Å². The molecular formula is C19H14BrClO. The highest BCUT2D eigenvalue weighted by atomic mass is 79.9. The van der Waals surface area contributed by atoms with E-state index in [1.165, 1.54) is 0 Å². The third kappa shape index (κ3) is 3.25. The normalized spacial score (nSPS) is 12.1. The van der Waals surface area contributed by atoms with E-state index in [4.69, 9.17) is 11.6 Å². The van der Waals surface area contributed by atoms with E-state index in [1.54, 1.807) is 6.07 Å². The Morgan fingerprint density at radius 2 is 1.45 bits per heavy atom. The predicted molar refractivity (Wildman–Crippen MR) is 95.1 cm³/mol. The van der Waals surface area contributed by atoms with Crippen molar-refractivity contribution >= 4 is 27.5 Å². The second kappa shape index (κ2) is 6.66. The second-order valence-electron chi connectivity index (χ2n) is 5.06. The molecule has 0 amide bonds. The maximum absolute atomic E-state index is 10.6. The topological polar surface area (TPSA) is 20.2 Å². The molecule has 1 unspecified atom stereocenters. The quantitative estimate of drug-likeness (QED) is 0.610. The van der Waals surface area contributed by atoms with Gasteiger partial charge in [-0.1, -0.05) is 82.1 Å². The van der Waals surface area contributed by atoms with Crippen LogP contribution in [-0.2, 0) is 0 Å². The van der Waals surface area contributed by atoms with Crippen LogP contribution in [0, 0.1) is 0 Å². The maximum Gasteiger partial charge on any atom is 0.106 e. The minimum absolute atomic E-state index is 0.558. The predicted octanol–water partition coefficient (Wildman–Crippen LogP) is 5.85. The highest BCUT2D eigenvalue weighted by Gasteiger charge is 2.14. The van der Waals surface area contributed by atoms with Crippen molar-refractivity contribution in [2.24, 2.45) is 0 Å². The lowest BCUT2D eigenvalue weighted by Gasteiger charge is -2.14. The molecule has 3 heteroatoms. The number of aliphatic hydroxyl groups excluding tert-OH is 1. The van der Waals surface area contributed by atoms with Crippen molar-refractivity contribution in [2.75, 3.05) is 0 Å². The third-order valence-corrected chi connectivity index (χ3v) is 4.42. The van der Waals surface area contributed by atoms with Gasteiger partial charge in [0.1, 0.15) is 6.10 Å². The highest BCUT2D eigenvalue weighted by Crippen LogP contribution is 2.31. The van der Waals surface area contributed by atoms with Gasteiger partial charge in [0.25, 0.3) is 0 Å². The fourth-order valence-corrected chi connectivity index (χ4v) is 2.99. The molecule has 0 aliphatic carbocycles. The van der Waals surface area contributed by atoms with Gasteiger partial charge in [0, 0.05) is 15.1 Å². The molecule has 0 aliphatic rings. The molecule has 1 nitrogen and oxygen atoms in total. The Morgan fingerprint density at radius 3 is 2.14 bits per heavy atom. The molecule has 0 saturated carbocycles. The van der Waals surface area contributed by atoms with Crippen molar-refractivity contribution in [1.29, 1.82) is 0 Å². The van der Waals surface area contributed by atoms with Crippen LogP contribution in [0.5, 0.6) is 0 Å². The van der Waals surface area contributed by atoms with Gasteiger partial charge >= 0.3 is 0 Å². The lowest BCUT2D eigenvalue weighted by molar-refractivity contribution is 0.220. The molecule has 0 fully saturated rings. The fraction of sp³-hybridized carbons (Fsp3) is 0.0526. The van der Waals surface area contributed by atoms with E-state index in [9.17, 15) is 5.11 Å². The average Bonchev–Trinajstić information content (AvgIpc) is 2.57. The first kappa shape index (κ1) is 15.3. The smallest absolute Gasteiger partial charge is 0.106 e. The first-order chi connectivity index (χ1) is 10.6. The zero-order valence-corrected chi connectivity index (χ0v) is 14.1. The van der Waals surface area contributed by atoms with E-state index in [0.29, 0.717) is 10.6 Å². The van der Waals surface area contributed by atoms with Gasteiger partial charge in [0.2, 0.25) is 0 Å². The molecule has 0 saturated heterocycles. The van der Waals surface area contributed by atoms with Crippen molar-refractivity contribution < 1.29 is 5.11 Å². The van der Waals surface area contributed by atoms with Crippen molar-refractivity contribution in [2.45, 2.75) is 6.10 Å². The highest BCUT2D eigenvalue weighted by molar-refractivity contribution is 9.10. The van der Waals surface area contributed by atoms with Gasteiger partial charge in [-0.05, 0) is 34.9 Å². The van der Waals surface area contributed by atoms with Crippen LogP contribution < -0.4 is 0 Å². The number of rotatable bonds is 3. The lowest BCUT2D eigenvalue weighted by Crippen LogP contribution is -2.00. The zero-order valence-electron chi connectivity index (χ0n) is 11.7. The summed E-state index contributed by atoms with van der Waals surface area (Å²) in [5, 5.41) is 11.1. The van der Waals surface area contributed by atoms with E-state index in [1.807, 2.05) is 54.6 Å². The number of aliphatic hydroxyl groups is 1. The van der Waals surface area contributed by atoms with Crippen LogP contribution >= 0.6 is 27.5 Å². The van der Waals surface area contributed by atoms with Gasteiger partial charge in [-0.15, -0.1) is 0 Å². The molecule has 0 aliphatic heterocycles. The first-order valence-corrected chi connectivity index (χ1v) is 8.10. The summed E-state index contributed by atoms with van der Waals surface area (Å²) in [5.41, 5.74) is 3.80. The molecule has 22 heavy (non-hydrogen) atoms. The molecule has 3 aromatic rings. The lowest BCUT2D eigenvalue weighted by atomic mass is 9.98. The van der Waals surface area contributed by atoms with Crippen LogP contribution in [0.25, 0.3) is 11.1 Å². The molecule has 110 valence electrons. The SMILES string of the molecule is OC(c1ccc(-c2ccccc2)cc1)c1cc(Br)ccc1Cl. The summed E-state index contributed by atoms with van der Waals surface area (Å²) < 4.78 is 0.895. The molecule has 0 aromatic heterocycles. The largest absolute Gasteiger partial charge is 0.384 e. The fourth-order valence-electron chi connectivity index (χ4n) is 2.39. The molecule has 0 spiro atoms. The summed E-state index contributed by atoms with van der Waals surface area (Å²) >= 11 is 9.60. The van der Waals surface area contributed by atoms with Crippen LogP contribution in [0.2, 0.25) is 5.02 Å². The van der Waals surface area contributed by atoms with Crippen molar-refractivity contribution in [3.8, 4) is 11.1 Å². The Labute approximate surface area is 143 Å². The Kier molecular flexibility index (Phi) is 4.63. The number of hydrogen-bond acceptors (Lipinski definition) is 1. The van der Waals surface area contributed by atoms with Crippen molar-refractivity contribution in [3.05, 3.63) is 93.4 Å². The third-order valence-electron chi connectivity index (χ3n) is 3.59. The van der Waals surface area contributed by atoms with E-state index in [-0.39, 0.29) is 0 Å². The zero-order chi connectivity index (χ0) is 15.5. The van der Waals surface area contributed by atoms with E-state index >= 15 is 0 Å². The van der Waals surface area contributed by atoms with Crippen molar-refractivity contribution in [3.63, 3.8) is 0 Å². The van der Waals surface area contributed by atoms with E-state index in [2.05, 4.69) is 28.1 Å². The summed E-state index contributed by atoms with van der Waals surface area (Å²) in [6, 6.07) is 23.5. The number of benzene rings is 3. The van der Waals surface area contributed by atoms with Gasteiger partial charge in [-0.3, -0.25) is 0 Å². The van der Waals surface area contributed by atoms with Crippen LogP contribution in [0.3, 0.4) is 0 Å². The average molecular weight is 374 g/mol. The molecule has 0 bridgehead atoms. The van der Waals surface area contributed by atoms with Crippen LogP contribution in [-0.4, -0.2) is 5.11 Å². The summed E-state index contributed by atoms with van der Waals surface area (Å²) in [7, 11) is 0. The van der Waals surface area contributed by atoms with Gasteiger partial charge in [-0.25, -0.2) is 0 Å². The minimum Gasteiger partial charge on any atom is -0.384 e. The molecule has 3 rings (SSSR count). The minimum atomic E-state index is -0.741. The Morgan fingerprint density at radius 1 is 0.818 bits per heavy atom. The van der Waals surface area contributed by atoms with Gasteiger partial charge in [0.15, 0.2) is 0 Å². The molecule has 3 aromatic carbocycles. The van der Waals surface area contributed by atoms with Crippen LogP contribution in [0.15, 0.2) is 77.3 Å². The monoisotopic (exact) mass is 372 g/mol. The Balaban J connectivity index is 1.91. The van der Waals surface area contributed by atoms with E-state index < -0.39 is 6.10 Å². The maximum atomic E-state index is 10.6. The van der Waals surface area contributed by atoms with Gasteiger partial charge in [-0.2, -0.15) is 0 Å². The second-order valence-corrected chi connectivity index (χ2v) is 6.38. The summed E-state index contributed by atoms with van der Waals surface area (Å²) in [5.74, 6) is 0. The summed E-state index contributed by atoms with van der Waals surface area (Å²) in [6.07, 6.45) is -0.741. The Bertz CT molecular complexity index is 769. The molecule has 1 atom stereocenters. The first-order valence-electron chi connectivity index (χ1n) is 6.93. The molecular weight excluding hydrogens is 360 g/mol. The van der Waals surface area contributed by atoms with Crippen LogP contribution in [0.4, 0.5) is 0 Å². The van der Waals surface area contributed by atoms with E-state index in [0.717, 1.165) is 21.2 Å². The van der Waals surface area contributed by atoms with Crippen molar-refractivity contribution in [1.82, 2.24) is 0 Å². The number of hydrogen-bond donors (Lipinski definition) is 1. The molecule has 0 heterocycles. The number of halogens is 2. The molecule has 0 radical (unpaired) electrons.